The molecule has 0 aromatic rings. The molecule has 12 heteroatoms. The maximum atomic E-state index is 12.3. The Kier molecular flexibility index (Phi) is 11.4. The topological polar surface area (TPSA) is 208 Å². The summed E-state index contributed by atoms with van der Waals surface area (Å²) in [5.41, 5.74) is 5.76. The second-order valence-corrected chi connectivity index (χ2v) is 6.26. The van der Waals surface area contributed by atoms with Gasteiger partial charge in [0.15, 0.2) is 0 Å². The van der Waals surface area contributed by atoms with E-state index in [2.05, 4.69) is 10.6 Å². The van der Waals surface area contributed by atoms with Gasteiger partial charge in [-0.1, -0.05) is 20.3 Å². The number of carboxylic acid groups (broad SMARTS) is 2. The van der Waals surface area contributed by atoms with Gasteiger partial charge in [0.25, 0.3) is 0 Å². The Morgan fingerprint density at radius 1 is 0.929 bits per heavy atom. The van der Waals surface area contributed by atoms with Crippen molar-refractivity contribution in [3.8, 4) is 0 Å². The van der Waals surface area contributed by atoms with Crippen LogP contribution in [0.1, 0.15) is 33.1 Å². The van der Waals surface area contributed by atoms with Gasteiger partial charge in [0.05, 0.1) is 12.6 Å². The van der Waals surface area contributed by atoms with Crippen LogP contribution >= 0.6 is 0 Å². The van der Waals surface area contributed by atoms with E-state index in [1.165, 1.54) is 0 Å². The Labute approximate surface area is 161 Å². The van der Waals surface area contributed by atoms with Crippen LogP contribution in [0.3, 0.4) is 0 Å². The van der Waals surface area contributed by atoms with Crippen molar-refractivity contribution in [2.24, 2.45) is 11.7 Å². The molecule has 0 saturated heterocycles. The standard InChI is InChI=1S/C16H28N4O8/c1-3-8(2)13(17)16(28)20-10(7-21)15(27)19-9(4-5-11(22)23)14(26)18-6-12(24)25/h8-10,13,21H,3-7,17H2,1-2H3,(H,18,26)(H,19,27)(H,20,28)(H,22,23)(H,24,25). The van der Waals surface area contributed by atoms with Gasteiger partial charge in [-0.3, -0.25) is 24.0 Å². The third-order valence-corrected chi connectivity index (χ3v) is 4.07. The number of aliphatic carboxylic acids is 2. The molecular weight excluding hydrogens is 376 g/mol. The minimum Gasteiger partial charge on any atom is -0.481 e. The van der Waals surface area contributed by atoms with Gasteiger partial charge in [0.2, 0.25) is 17.7 Å². The molecule has 0 spiro atoms. The number of nitrogens with two attached hydrogens (primary N) is 1. The van der Waals surface area contributed by atoms with Crippen molar-refractivity contribution in [1.29, 1.82) is 0 Å². The molecule has 12 nitrogen and oxygen atoms in total. The van der Waals surface area contributed by atoms with Gasteiger partial charge in [0, 0.05) is 6.42 Å². The monoisotopic (exact) mass is 404 g/mol. The molecule has 28 heavy (non-hydrogen) atoms. The van der Waals surface area contributed by atoms with Gasteiger partial charge in [-0.15, -0.1) is 0 Å². The van der Waals surface area contributed by atoms with Crippen LogP contribution in [0.25, 0.3) is 0 Å². The Morgan fingerprint density at radius 2 is 1.50 bits per heavy atom. The maximum Gasteiger partial charge on any atom is 0.322 e. The lowest BCUT2D eigenvalue weighted by Crippen LogP contribution is -2.57. The fourth-order valence-corrected chi connectivity index (χ4v) is 2.07. The zero-order chi connectivity index (χ0) is 21.9. The van der Waals surface area contributed by atoms with Crippen molar-refractivity contribution in [1.82, 2.24) is 16.0 Å². The number of aliphatic hydroxyl groups excluding tert-OH is 1. The molecule has 8 N–H and O–H groups in total. The van der Waals surface area contributed by atoms with E-state index in [0.29, 0.717) is 6.42 Å². The van der Waals surface area contributed by atoms with Crippen molar-refractivity contribution in [2.75, 3.05) is 13.2 Å². The summed E-state index contributed by atoms with van der Waals surface area (Å²) in [6.45, 7) is 2.07. The molecule has 0 aromatic carbocycles. The quantitative estimate of drug-likeness (QED) is 0.171. The van der Waals surface area contributed by atoms with Crippen LogP contribution < -0.4 is 21.7 Å². The van der Waals surface area contributed by atoms with E-state index in [1.807, 2.05) is 12.2 Å². The number of amides is 3. The van der Waals surface area contributed by atoms with Crippen LogP contribution in [0.15, 0.2) is 0 Å². The van der Waals surface area contributed by atoms with Crippen molar-refractivity contribution in [3.05, 3.63) is 0 Å². The van der Waals surface area contributed by atoms with Crippen molar-refractivity contribution < 1.29 is 39.3 Å². The number of rotatable bonds is 13. The minimum atomic E-state index is -1.41. The number of carbonyl (C=O) groups excluding carboxylic acids is 3. The number of carbonyl (C=O) groups is 5. The van der Waals surface area contributed by atoms with Gasteiger partial charge in [-0.2, -0.15) is 0 Å². The summed E-state index contributed by atoms with van der Waals surface area (Å²) in [4.78, 5) is 57.7. The van der Waals surface area contributed by atoms with Crippen LogP contribution in [0.2, 0.25) is 0 Å². The highest BCUT2D eigenvalue weighted by Crippen LogP contribution is 2.06. The first kappa shape index (κ1) is 25.3. The average Bonchev–Trinajstić information content (AvgIpc) is 2.65. The van der Waals surface area contributed by atoms with Gasteiger partial charge in [0.1, 0.15) is 18.6 Å². The van der Waals surface area contributed by atoms with Crippen molar-refractivity contribution in [2.45, 2.75) is 51.2 Å². The smallest absolute Gasteiger partial charge is 0.322 e. The summed E-state index contributed by atoms with van der Waals surface area (Å²) in [5.74, 6) is -5.23. The van der Waals surface area contributed by atoms with E-state index in [9.17, 15) is 29.1 Å². The van der Waals surface area contributed by atoms with Crippen LogP contribution in [0, 0.1) is 5.92 Å². The summed E-state index contributed by atoms with van der Waals surface area (Å²) in [7, 11) is 0. The molecule has 0 aromatic heterocycles. The third kappa shape index (κ3) is 9.28. The predicted octanol–water partition coefficient (Wildman–Crippen LogP) is -2.61. The molecule has 0 heterocycles. The molecule has 160 valence electrons. The number of aliphatic hydroxyl groups is 1. The summed E-state index contributed by atoms with van der Waals surface area (Å²) in [6, 6.07) is -3.69. The zero-order valence-corrected chi connectivity index (χ0v) is 15.8. The molecule has 0 aliphatic heterocycles. The minimum absolute atomic E-state index is 0.174. The Balaban J connectivity index is 5.06. The van der Waals surface area contributed by atoms with Crippen LogP contribution in [-0.2, 0) is 24.0 Å². The van der Waals surface area contributed by atoms with E-state index < -0.39 is 67.4 Å². The Morgan fingerprint density at radius 3 is 1.96 bits per heavy atom. The first-order valence-electron chi connectivity index (χ1n) is 8.71. The predicted molar refractivity (Wildman–Crippen MR) is 95.9 cm³/mol. The lowest BCUT2D eigenvalue weighted by atomic mass is 9.99. The maximum absolute atomic E-state index is 12.3. The SMILES string of the molecule is CCC(C)C(N)C(=O)NC(CO)C(=O)NC(CCC(=O)O)C(=O)NCC(=O)O. The average molecular weight is 404 g/mol. The second-order valence-electron chi connectivity index (χ2n) is 6.26. The van der Waals surface area contributed by atoms with Gasteiger partial charge < -0.3 is 37.0 Å². The summed E-state index contributed by atoms with van der Waals surface area (Å²) < 4.78 is 0. The van der Waals surface area contributed by atoms with Gasteiger partial charge in [-0.05, 0) is 12.3 Å². The highest BCUT2D eigenvalue weighted by molar-refractivity contribution is 5.94. The molecule has 0 aliphatic carbocycles. The van der Waals surface area contributed by atoms with Crippen molar-refractivity contribution in [3.63, 3.8) is 0 Å². The number of hydrogen-bond acceptors (Lipinski definition) is 7. The molecule has 0 fully saturated rings. The fourth-order valence-electron chi connectivity index (χ4n) is 2.07. The molecule has 0 saturated carbocycles. The zero-order valence-electron chi connectivity index (χ0n) is 15.8. The first-order valence-corrected chi connectivity index (χ1v) is 8.71. The highest BCUT2D eigenvalue weighted by Gasteiger charge is 2.29. The van der Waals surface area contributed by atoms with E-state index in [1.54, 1.807) is 6.92 Å². The summed E-state index contributed by atoms with van der Waals surface area (Å²) in [6.07, 6.45) is -0.170. The molecule has 0 bridgehead atoms. The lowest BCUT2D eigenvalue weighted by molar-refractivity contribution is -0.140. The molecule has 4 atom stereocenters. The summed E-state index contributed by atoms with van der Waals surface area (Å²) >= 11 is 0. The molecule has 4 unspecified atom stereocenters. The Bertz CT molecular complexity index is 583. The van der Waals surface area contributed by atoms with E-state index in [0.717, 1.165) is 0 Å². The molecular formula is C16H28N4O8. The third-order valence-electron chi connectivity index (χ3n) is 4.07. The molecule has 3 amide bonds. The molecule has 0 aliphatic rings. The summed E-state index contributed by atoms with van der Waals surface area (Å²) in [5, 5.41) is 33.3. The Hall–Kier alpha value is -2.73. The van der Waals surface area contributed by atoms with E-state index >= 15 is 0 Å². The molecule has 0 radical (unpaired) electrons. The normalized spacial score (nSPS) is 14.9. The van der Waals surface area contributed by atoms with Crippen LogP contribution in [0.5, 0.6) is 0 Å². The lowest BCUT2D eigenvalue weighted by Gasteiger charge is -2.24. The van der Waals surface area contributed by atoms with Gasteiger partial charge in [-0.25, -0.2) is 0 Å². The second kappa shape index (κ2) is 12.6. The number of nitrogens with one attached hydrogen (secondary N) is 3. The highest BCUT2D eigenvalue weighted by atomic mass is 16.4. The van der Waals surface area contributed by atoms with Gasteiger partial charge >= 0.3 is 11.9 Å². The fraction of sp³-hybridized carbons (Fsp3) is 0.688. The van der Waals surface area contributed by atoms with Crippen LogP contribution in [0.4, 0.5) is 0 Å². The first-order chi connectivity index (χ1) is 13.0. The van der Waals surface area contributed by atoms with E-state index in [4.69, 9.17) is 15.9 Å². The number of carboxylic acids is 2. The largest absolute Gasteiger partial charge is 0.481 e. The van der Waals surface area contributed by atoms with E-state index in [-0.39, 0.29) is 12.3 Å². The molecule has 0 rings (SSSR count). The van der Waals surface area contributed by atoms with Crippen molar-refractivity contribution >= 4 is 29.7 Å². The van der Waals surface area contributed by atoms with Crippen LogP contribution in [-0.4, -0.2) is 76.3 Å². The number of hydrogen-bond donors (Lipinski definition) is 7.